The zero-order valence-corrected chi connectivity index (χ0v) is 11.8. The van der Waals surface area contributed by atoms with Crippen LogP contribution >= 0.6 is 0 Å². The predicted molar refractivity (Wildman–Crippen MR) is 68.8 cm³/mol. The van der Waals surface area contributed by atoms with Crippen LogP contribution < -0.4 is 0 Å². The second-order valence-corrected chi connectivity index (χ2v) is 6.54. The predicted octanol–water partition coefficient (Wildman–Crippen LogP) is 3.44. The van der Waals surface area contributed by atoms with Gasteiger partial charge in [-0.15, -0.1) is 0 Å². The van der Waals surface area contributed by atoms with Gasteiger partial charge in [0.05, 0.1) is 17.6 Å². The molecule has 98 valence electrons. The molecule has 1 aliphatic carbocycles. The lowest BCUT2D eigenvalue weighted by atomic mass is 9.67. The Morgan fingerprint density at radius 2 is 1.94 bits per heavy atom. The molecule has 0 bridgehead atoms. The fraction of sp³-hybridized carbons (Fsp3) is 0.933. The van der Waals surface area contributed by atoms with Gasteiger partial charge in [0.1, 0.15) is 5.78 Å². The summed E-state index contributed by atoms with van der Waals surface area (Å²) in [5, 5.41) is 0. The van der Waals surface area contributed by atoms with Crippen LogP contribution in [0.2, 0.25) is 0 Å². The van der Waals surface area contributed by atoms with Crippen molar-refractivity contribution in [3.8, 4) is 0 Å². The Bertz CT molecular complexity index is 308. The molecule has 2 nitrogen and oxygen atoms in total. The quantitative estimate of drug-likeness (QED) is 0.753. The molecule has 2 rings (SSSR count). The van der Waals surface area contributed by atoms with Gasteiger partial charge in [-0.25, -0.2) is 0 Å². The highest BCUT2D eigenvalue weighted by molar-refractivity contribution is 5.88. The van der Waals surface area contributed by atoms with Crippen LogP contribution in [0.3, 0.4) is 0 Å². The highest BCUT2D eigenvalue weighted by Gasteiger charge is 2.61. The van der Waals surface area contributed by atoms with E-state index in [1.54, 1.807) is 0 Å². The van der Waals surface area contributed by atoms with Crippen LogP contribution in [0.15, 0.2) is 0 Å². The zero-order valence-electron chi connectivity index (χ0n) is 11.8. The van der Waals surface area contributed by atoms with Crippen molar-refractivity contribution in [1.82, 2.24) is 0 Å². The fourth-order valence-electron chi connectivity index (χ4n) is 4.14. The van der Waals surface area contributed by atoms with Crippen molar-refractivity contribution in [3.63, 3.8) is 0 Å². The molecule has 1 saturated carbocycles. The Labute approximate surface area is 105 Å². The van der Waals surface area contributed by atoms with Crippen molar-refractivity contribution in [3.05, 3.63) is 0 Å². The molecule has 17 heavy (non-hydrogen) atoms. The van der Waals surface area contributed by atoms with E-state index < -0.39 is 0 Å². The lowest BCUT2D eigenvalue weighted by Gasteiger charge is -2.32. The van der Waals surface area contributed by atoms with E-state index >= 15 is 0 Å². The maximum absolute atomic E-state index is 12.6. The van der Waals surface area contributed by atoms with Gasteiger partial charge in [0.15, 0.2) is 0 Å². The molecule has 0 unspecified atom stereocenters. The Balaban J connectivity index is 2.34. The van der Waals surface area contributed by atoms with Crippen LogP contribution in [-0.2, 0) is 9.53 Å². The van der Waals surface area contributed by atoms with Crippen molar-refractivity contribution in [1.29, 1.82) is 0 Å². The van der Waals surface area contributed by atoms with Crippen LogP contribution in [-0.4, -0.2) is 18.0 Å². The van der Waals surface area contributed by atoms with Gasteiger partial charge in [0.2, 0.25) is 0 Å². The van der Waals surface area contributed by atoms with E-state index in [2.05, 4.69) is 20.8 Å². The normalized spacial score (nSPS) is 41.2. The third-order valence-corrected chi connectivity index (χ3v) is 4.89. The van der Waals surface area contributed by atoms with E-state index in [1.165, 1.54) is 12.8 Å². The van der Waals surface area contributed by atoms with Crippen molar-refractivity contribution >= 4 is 5.78 Å². The van der Waals surface area contributed by atoms with E-state index in [4.69, 9.17) is 4.74 Å². The van der Waals surface area contributed by atoms with Crippen LogP contribution in [0.1, 0.15) is 53.9 Å². The number of hydrogen-bond donors (Lipinski definition) is 0. The van der Waals surface area contributed by atoms with Gasteiger partial charge >= 0.3 is 0 Å². The Morgan fingerprint density at radius 1 is 1.29 bits per heavy atom. The van der Waals surface area contributed by atoms with Gasteiger partial charge in [-0.1, -0.05) is 34.1 Å². The standard InChI is InChI=1S/C15H26O2/c1-9(2)13-12-7-6-8-15(12,11(5)17-13)14(16)10(3)4/h9-13H,6-8H2,1-5H3/t11-,12+,13+,15+/m1/s1. The Morgan fingerprint density at radius 3 is 2.47 bits per heavy atom. The molecular formula is C15H26O2. The first-order valence-corrected chi connectivity index (χ1v) is 7.11. The number of rotatable bonds is 3. The summed E-state index contributed by atoms with van der Waals surface area (Å²) >= 11 is 0. The van der Waals surface area contributed by atoms with Gasteiger partial charge in [0, 0.05) is 11.8 Å². The van der Waals surface area contributed by atoms with Crippen LogP contribution in [0.4, 0.5) is 0 Å². The number of Topliss-reactive ketones (excluding diaryl/α,β-unsaturated/α-hetero) is 1. The van der Waals surface area contributed by atoms with E-state index in [9.17, 15) is 4.79 Å². The van der Waals surface area contributed by atoms with E-state index in [0.29, 0.717) is 17.6 Å². The van der Waals surface area contributed by atoms with Crippen molar-refractivity contribution in [2.24, 2.45) is 23.2 Å². The summed E-state index contributed by atoms with van der Waals surface area (Å²) in [5.41, 5.74) is -0.164. The summed E-state index contributed by atoms with van der Waals surface area (Å²) in [5.74, 6) is 1.55. The number of carbonyl (C=O) groups is 1. The molecule has 1 aliphatic heterocycles. The highest BCUT2D eigenvalue weighted by atomic mass is 16.5. The summed E-state index contributed by atoms with van der Waals surface area (Å²) in [7, 11) is 0. The molecule has 1 saturated heterocycles. The maximum atomic E-state index is 12.6. The smallest absolute Gasteiger partial charge is 0.144 e. The largest absolute Gasteiger partial charge is 0.374 e. The number of ketones is 1. The average Bonchev–Trinajstić information content (AvgIpc) is 2.77. The Hall–Kier alpha value is -0.370. The summed E-state index contributed by atoms with van der Waals surface area (Å²) < 4.78 is 6.14. The molecule has 1 heterocycles. The Kier molecular flexibility index (Phi) is 3.37. The first kappa shape index (κ1) is 13.1. The molecular weight excluding hydrogens is 212 g/mol. The average molecular weight is 238 g/mol. The molecule has 0 aromatic rings. The molecule has 0 spiro atoms. The topological polar surface area (TPSA) is 26.3 Å². The number of carbonyl (C=O) groups excluding carboxylic acids is 1. The molecule has 0 aromatic carbocycles. The minimum atomic E-state index is -0.164. The van der Waals surface area contributed by atoms with E-state index in [1.807, 2.05) is 13.8 Å². The summed E-state index contributed by atoms with van der Waals surface area (Å²) in [6.45, 7) is 10.6. The molecule has 2 heteroatoms. The van der Waals surface area contributed by atoms with Gasteiger partial charge in [-0.2, -0.15) is 0 Å². The number of hydrogen-bond acceptors (Lipinski definition) is 2. The van der Waals surface area contributed by atoms with Crippen molar-refractivity contribution in [2.75, 3.05) is 0 Å². The summed E-state index contributed by atoms with van der Waals surface area (Å²) in [6, 6.07) is 0. The third-order valence-electron chi connectivity index (χ3n) is 4.89. The van der Waals surface area contributed by atoms with Crippen molar-refractivity contribution in [2.45, 2.75) is 66.1 Å². The highest BCUT2D eigenvalue weighted by Crippen LogP contribution is 2.57. The molecule has 2 fully saturated rings. The third kappa shape index (κ3) is 1.76. The van der Waals surface area contributed by atoms with E-state index in [0.717, 1.165) is 6.42 Å². The molecule has 2 aliphatic rings. The number of fused-ring (bicyclic) bond motifs is 1. The summed E-state index contributed by atoms with van der Waals surface area (Å²) in [4.78, 5) is 12.6. The van der Waals surface area contributed by atoms with Gasteiger partial charge in [0.25, 0.3) is 0 Å². The number of ether oxygens (including phenoxy) is 1. The van der Waals surface area contributed by atoms with Crippen LogP contribution in [0.25, 0.3) is 0 Å². The second-order valence-electron chi connectivity index (χ2n) is 6.54. The molecule has 0 amide bonds. The molecule has 4 atom stereocenters. The monoisotopic (exact) mass is 238 g/mol. The fourth-order valence-corrected chi connectivity index (χ4v) is 4.14. The molecule has 0 N–H and O–H groups in total. The van der Waals surface area contributed by atoms with Crippen molar-refractivity contribution < 1.29 is 9.53 Å². The van der Waals surface area contributed by atoms with Gasteiger partial charge in [-0.05, 0) is 25.7 Å². The lowest BCUT2D eigenvalue weighted by Crippen LogP contribution is -2.42. The second kappa shape index (κ2) is 4.38. The first-order valence-electron chi connectivity index (χ1n) is 7.11. The zero-order chi connectivity index (χ0) is 12.8. The SMILES string of the molecule is CC(C)C(=O)[C@]12CCC[C@H]1[C@H](C(C)C)O[C@@H]2C. The van der Waals surface area contributed by atoms with E-state index in [-0.39, 0.29) is 23.5 Å². The summed E-state index contributed by atoms with van der Waals surface area (Å²) in [6.07, 6.45) is 3.80. The van der Waals surface area contributed by atoms with Crippen LogP contribution in [0.5, 0.6) is 0 Å². The minimum absolute atomic E-state index is 0.109. The lowest BCUT2D eigenvalue weighted by molar-refractivity contribution is -0.135. The van der Waals surface area contributed by atoms with Gasteiger partial charge in [-0.3, -0.25) is 4.79 Å². The molecule has 0 radical (unpaired) electrons. The van der Waals surface area contributed by atoms with Crippen LogP contribution in [0, 0.1) is 23.2 Å². The minimum Gasteiger partial charge on any atom is -0.374 e. The van der Waals surface area contributed by atoms with Gasteiger partial charge < -0.3 is 4.74 Å². The first-order chi connectivity index (χ1) is 7.91. The molecule has 0 aromatic heterocycles. The maximum Gasteiger partial charge on any atom is 0.144 e.